The first-order valence-electron chi connectivity index (χ1n) is 9.28. The molecule has 8 heteroatoms. The van der Waals surface area contributed by atoms with E-state index in [1.54, 1.807) is 32.2 Å². The molecule has 0 saturated heterocycles. The average molecular weight is 439 g/mol. The number of benzene rings is 2. The molecule has 0 aromatic heterocycles. The maximum absolute atomic E-state index is 13.0. The second-order valence-electron chi connectivity index (χ2n) is 6.91. The molecule has 0 aliphatic rings. The molecular weight excluding hydrogens is 412 g/mol. The molecule has 158 valence electrons. The van der Waals surface area contributed by atoms with Crippen molar-refractivity contribution in [2.45, 2.75) is 39.3 Å². The van der Waals surface area contributed by atoms with Crippen LogP contribution in [0.15, 0.2) is 42.5 Å². The van der Waals surface area contributed by atoms with E-state index in [0.717, 1.165) is 27.4 Å². The highest BCUT2D eigenvalue weighted by molar-refractivity contribution is 7.92. The number of nitrogens with one attached hydrogen (secondary N) is 1. The number of sulfonamides is 1. The zero-order chi connectivity index (χ0) is 21.8. The lowest BCUT2D eigenvalue weighted by molar-refractivity contribution is -0.122. The summed E-state index contributed by atoms with van der Waals surface area (Å²) in [6.07, 6.45) is 1.72. The van der Waals surface area contributed by atoms with Crippen molar-refractivity contribution in [1.82, 2.24) is 5.32 Å². The average Bonchev–Trinajstić information content (AvgIpc) is 2.64. The van der Waals surface area contributed by atoms with Gasteiger partial charge in [-0.05, 0) is 55.7 Å². The molecule has 0 radical (unpaired) electrons. The Hall–Kier alpha value is -2.25. The van der Waals surface area contributed by atoms with Crippen LogP contribution in [0, 0.1) is 6.92 Å². The molecule has 2 rings (SSSR count). The SMILES string of the molecule is CC[C@H](NC(=O)[C@H](C)N(c1cccc(Cl)c1)S(C)(=O)=O)c1ccc(OC)c(C)c1. The predicted octanol–water partition coefficient (Wildman–Crippen LogP) is 4.08. The van der Waals surface area contributed by atoms with Crippen LogP contribution in [0.5, 0.6) is 5.75 Å². The van der Waals surface area contributed by atoms with Crippen molar-refractivity contribution >= 4 is 33.2 Å². The molecule has 0 fully saturated rings. The molecule has 6 nitrogen and oxygen atoms in total. The van der Waals surface area contributed by atoms with Crippen LogP contribution < -0.4 is 14.4 Å². The number of halogens is 1. The topological polar surface area (TPSA) is 75.7 Å². The Morgan fingerprint density at radius 3 is 2.45 bits per heavy atom. The lowest BCUT2D eigenvalue weighted by atomic mass is 10.0. The third-order valence-corrected chi connectivity index (χ3v) is 6.17. The van der Waals surface area contributed by atoms with Gasteiger partial charge in [0.25, 0.3) is 0 Å². The standard InChI is InChI=1S/C21H27ClN2O4S/c1-6-19(16-10-11-20(28-4)14(2)12-16)23-21(25)15(3)24(29(5,26)27)18-9-7-8-17(22)13-18/h7-13,15,19H,6H2,1-5H3,(H,23,25)/t15-,19-/m0/s1. The highest BCUT2D eigenvalue weighted by Gasteiger charge is 2.30. The lowest BCUT2D eigenvalue weighted by Gasteiger charge is -2.30. The number of carbonyl (C=O) groups is 1. The Balaban J connectivity index is 2.29. The van der Waals surface area contributed by atoms with Crippen LogP contribution >= 0.6 is 11.6 Å². The number of anilines is 1. The molecular formula is C21H27ClN2O4S. The molecule has 1 N–H and O–H groups in total. The number of methoxy groups -OCH3 is 1. The number of rotatable bonds is 8. The summed E-state index contributed by atoms with van der Waals surface area (Å²) in [6, 6.07) is 11.0. The van der Waals surface area contributed by atoms with Gasteiger partial charge in [0.1, 0.15) is 11.8 Å². The van der Waals surface area contributed by atoms with Gasteiger partial charge in [-0.2, -0.15) is 0 Å². The number of hydrogen-bond donors (Lipinski definition) is 1. The van der Waals surface area contributed by atoms with Gasteiger partial charge in [0.2, 0.25) is 15.9 Å². The molecule has 2 aromatic carbocycles. The number of amides is 1. The van der Waals surface area contributed by atoms with E-state index >= 15 is 0 Å². The van der Waals surface area contributed by atoms with Crippen LogP contribution in [0.1, 0.15) is 37.4 Å². The van der Waals surface area contributed by atoms with Crippen LogP contribution in [-0.2, 0) is 14.8 Å². The van der Waals surface area contributed by atoms with Crippen molar-refractivity contribution in [3.05, 3.63) is 58.6 Å². The minimum Gasteiger partial charge on any atom is -0.496 e. The van der Waals surface area contributed by atoms with Gasteiger partial charge < -0.3 is 10.1 Å². The fourth-order valence-corrected chi connectivity index (χ4v) is 4.61. The Bertz CT molecular complexity index is 978. The molecule has 2 atom stereocenters. The Kier molecular flexibility index (Phi) is 7.54. The van der Waals surface area contributed by atoms with E-state index < -0.39 is 22.0 Å². The zero-order valence-corrected chi connectivity index (χ0v) is 18.8. The van der Waals surface area contributed by atoms with Crippen molar-refractivity contribution in [3.63, 3.8) is 0 Å². The van der Waals surface area contributed by atoms with Crippen molar-refractivity contribution in [2.75, 3.05) is 17.7 Å². The van der Waals surface area contributed by atoms with E-state index in [0.29, 0.717) is 17.1 Å². The van der Waals surface area contributed by atoms with Crippen LogP contribution in [0.3, 0.4) is 0 Å². The largest absolute Gasteiger partial charge is 0.496 e. The summed E-state index contributed by atoms with van der Waals surface area (Å²) in [7, 11) is -2.10. The van der Waals surface area contributed by atoms with Gasteiger partial charge in [0.15, 0.2) is 0 Å². The first-order valence-corrected chi connectivity index (χ1v) is 11.5. The van der Waals surface area contributed by atoms with E-state index in [1.165, 1.54) is 6.07 Å². The Labute approximate surface area is 177 Å². The van der Waals surface area contributed by atoms with Crippen LogP contribution in [0.4, 0.5) is 5.69 Å². The van der Waals surface area contributed by atoms with Crippen LogP contribution in [0.25, 0.3) is 0 Å². The Morgan fingerprint density at radius 2 is 1.93 bits per heavy atom. The molecule has 0 spiro atoms. The van der Waals surface area contributed by atoms with Gasteiger partial charge >= 0.3 is 0 Å². The monoisotopic (exact) mass is 438 g/mol. The smallest absolute Gasteiger partial charge is 0.244 e. The molecule has 0 heterocycles. The number of ether oxygens (including phenoxy) is 1. The highest BCUT2D eigenvalue weighted by atomic mass is 35.5. The van der Waals surface area contributed by atoms with E-state index in [9.17, 15) is 13.2 Å². The minimum atomic E-state index is -3.70. The summed E-state index contributed by atoms with van der Waals surface area (Å²) in [6.45, 7) is 5.45. The zero-order valence-electron chi connectivity index (χ0n) is 17.3. The fourth-order valence-electron chi connectivity index (χ4n) is 3.25. The highest BCUT2D eigenvalue weighted by Crippen LogP contribution is 2.26. The first-order chi connectivity index (χ1) is 13.6. The van der Waals surface area contributed by atoms with Crippen molar-refractivity contribution < 1.29 is 17.9 Å². The number of nitrogens with zero attached hydrogens (tertiary/aromatic N) is 1. The van der Waals surface area contributed by atoms with E-state index in [-0.39, 0.29) is 6.04 Å². The van der Waals surface area contributed by atoms with Gasteiger partial charge in [-0.15, -0.1) is 0 Å². The van der Waals surface area contributed by atoms with Gasteiger partial charge in [0, 0.05) is 5.02 Å². The summed E-state index contributed by atoms with van der Waals surface area (Å²) in [5.41, 5.74) is 2.23. The molecule has 2 aromatic rings. The second kappa shape index (κ2) is 9.50. The minimum absolute atomic E-state index is 0.254. The quantitative estimate of drug-likeness (QED) is 0.673. The van der Waals surface area contributed by atoms with Crippen molar-refractivity contribution in [1.29, 1.82) is 0 Å². The molecule has 0 saturated carbocycles. The lowest BCUT2D eigenvalue weighted by Crippen LogP contribution is -2.48. The van der Waals surface area contributed by atoms with Crippen molar-refractivity contribution in [3.8, 4) is 5.75 Å². The summed E-state index contributed by atoms with van der Waals surface area (Å²) in [5.74, 6) is 0.378. The van der Waals surface area contributed by atoms with E-state index in [4.69, 9.17) is 16.3 Å². The first kappa shape index (κ1) is 23.0. The fraction of sp³-hybridized carbons (Fsp3) is 0.381. The number of hydrogen-bond acceptors (Lipinski definition) is 4. The number of carbonyl (C=O) groups excluding carboxylic acids is 1. The van der Waals surface area contributed by atoms with Gasteiger partial charge in [0.05, 0.1) is 25.1 Å². The predicted molar refractivity (Wildman–Crippen MR) is 117 cm³/mol. The third kappa shape index (κ3) is 5.64. The maximum Gasteiger partial charge on any atom is 0.244 e. The maximum atomic E-state index is 13.0. The van der Waals surface area contributed by atoms with Crippen LogP contribution in [0.2, 0.25) is 5.02 Å². The van der Waals surface area contributed by atoms with Crippen molar-refractivity contribution in [2.24, 2.45) is 0 Å². The molecule has 0 aliphatic carbocycles. The van der Waals surface area contributed by atoms with Crippen LogP contribution in [-0.4, -0.2) is 33.7 Å². The van der Waals surface area contributed by atoms with Gasteiger partial charge in [-0.1, -0.05) is 36.7 Å². The normalized spacial score (nSPS) is 13.4. The molecule has 29 heavy (non-hydrogen) atoms. The Morgan fingerprint density at radius 1 is 1.24 bits per heavy atom. The molecule has 0 aliphatic heterocycles. The summed E-state index contributed by atoms with van der Waals surface area (Å²) >= 11 is 6.02. The molecule has 0 bridgehead atoms. The van der Waals surface area contributed by atoms with E-state index in [2.05, 4.69) is 5.32 Å². The van der Waals surface area contributed by atoms with Gasteiger partial charge in [-0.25, -0.2) is 8.42 Å². The summed E-state index contributed by atoms with van der Waals surface area (Å²) in [5, 5.41) is 3.36. The molecule has 0 unspecified atom stereocenters. The summed E-state index contributed by atoms with van der Waals surface area (Å²) < 4.78 is 31.2. The van der Waals surface area contributed by atoms with Gasteiger partial charge in [-0.3, -0.25) is 9.10 Å². The second-order valence-corrected chi connectivity index (χ2v) is 9.21. The summed E-state index contributed by atoms with van der Waals surface area (Å²) in [4.78, 5) is 13.0. The number of aryl methyl sites for hydroxylation is 1. The van der Waals surface area contributed by atoms with E-state index in [1.807, 2.05) is 32.0 Å². The third-order valence-electron chi connectivity index (χ3n) is 4.70. The molecule has 1 amide bonds.